The van der Waals surface area contributed by atoms with E-state index in [4.69, 9.17) is 9.26 Å². The molecule has 0 bridgehead atoms. The Labute approximate surface area is 122 Å². The molecule has 0 amide bonds. The van der Waals surface area contributed by atoms with Crippen LogP contribution >= 0.6 is 0 Å². The summed E-state index contributed by atoms with van der Waals surface area (Å²) < 4.78 is 10.1. The van der Waals surface area contributed by atoms with Gasteiger partial charge in [-0.25, -0.2) is 9.95 Å². The second-order valence-electron chi connectivity index (χ2n) is 4.74. The second-order valence-corrected chi connectivity index (χ2v) is 4.74. The zero-order chi connectivity index (χ0) is 14.7. The lowest BCUT2D eigenvalue weighted by atomic mass is 10.0. The Bertz CT molecular complexity index is 770. The minimum absolute atomic E-state index is 0.329. The van der Waals surface area contributed by atoms with Gasteiger partial charge in [-0.1, -0.05) is 42.5 Å². The predicted octanol–water partition coefficient (Wildman–Crippen LogP) is 3.23. The van der Waals surface area contributed by atoms with E-state index in [1.807, 2.05) is 54.6 Å². The summed E-state index contributed by atoms with van der Waals surface area (Å²) in [4.78, 5) is 11.9. The zero-order valence-electron chi connectivity index (χ0n) is 11.6. The third-order valence-electron chi connectivity index (χ3n) is 3.40. The van der Waals surface area contributed by atoms with Crippen LogP contribution in [0.2, 0.25) is 0 Å². The van der Waals surface area contributed by atoms with Crippen molar-refractivity contribution in [1.29, 1.82) is 0 Å². The van der Waals surface area contributed by atoms with E-state index in [-0.39, 0.29) is 5.63 Å². The minimum Gasteiger partial charge on any atom is -0.497 e. The van der Waals surface area contributed by atoms with Crippen molar-refractivity contribution in [2.45, 2.75) is 6.42 Å². The highest BCUT2D eigenvalue weighted by atomic mass is 16.5. The van der Waals surface area contributed by atoms with E-state index < -0.39 is 0 Å². The molecule has 2 aromatic carbocycles. The molecule has 0 atom stereocenters. The number of methoxy groups -OCH3 is 1. The highest BCUT2D eigenvalue weighted by molar-refractivity contribution is 5.62. The largest absolute Gasteiger partial charge is 0.497 e. The van der Waals surface area contributed by atoms with E-state index >= 15 is 0 Å². The fourth-order valence-corrected chi connectivity index (χ4v) is 2.27. The highest BCUT2D eigenvalue weighted by Gasteiger charge is 2.14. The van der Waals surface area contributed by atoms with Crippen molar-refractivity contribution in [3.63, 3.8) is 0 Å². The van der Waals surface area contributed by atoms with Crippen molar-refractivity contribution >= 4 is 0 Å². The van der Waals surface area contributed by atoms with E-state index in [9.17, 15) is 4.79 Å². The summed E-state index contributed by atoms with van der Waals surface area (Å²) in [6.07, 6.45) is 0.514. The first kappa shape index (κ1) is 13.2. The average Bonchev–Trinajstić information content (AvgIpc) is 2.90. The molecule has 0 saturated heterocycles. The van der Waals surface area contributed by atoms with Crippen LogP contribution < -0.4 is 10.4 Å². The van der Waals surface area contributed by atoms with Crippen LogP contribution in [0.1, 0.15) is 11.1 Å². The van der Waals surface area contributed by atoms with Gasteiger partial charge in [0.15, 0.2) is 0 Å². The Balaban J connectivity index is 1.95. The maximum absolute atomic E-state index is 11.9. The number of H-pyrrole nitrogens is 1. The Morgan fingerprint density at radius 1 is 1.05 bits per heavy atom. The third-order valence-corrected chi connectivity index (χ3v) is 3.40. The summed E-state index contributed by atoms with van der Waals surface area (Å²) in [7, 11) is 1.63. The van der Waals surface area contributed by atoms with Crippen molar-refractivity contribution < 1.29 is 9.26 Å². The quantitative estimate of drug-likeness (QED) is 0.798. The maximum atomic E-state index is 11.9. The Kier molecular flexibility index (Phi) is 3.60. The normalized spacial score (nSPS) is 10.5. The topological polar surface area (TPSA) is 55.2 Å². The van der Waals surface area contributed by atoms with Gasteiger partial charge in [0, 0.05) is 12.0 Å². The van der Waals surface area contributed by atoms with Gasteiger partial charge in [0.1, 0.15) is 5.75 Å². The SMILES string of the molecule is COc1ccc(Cc2c(-c3ccccc3)[nH]oc2=O)cc1. The smallest absolute Gasteiger partial charge is 0.361 e. The predicted molar refractivity (Wildman–Crippen MR) is 80.6 cm³/mol. The molecular weight excluding hydrogens is 266 g/mol. The Hall–Kier alpha value is -2.75. The van der Waals surface area contributed by atoms with Crippen molar-refractivity contribution in [2.75, 3.05) is 7.11 Å². The molecule has 0 saturated carbocycles. The van der Waals surface area contributed by atoms with E-state index in [1.54, 1.807) is 7.11 Å². The molecule has 0 aliphatic heterocycles. The van der Waals surface area contributed by atoms with Crippen molar-refractivity contribution in [1.82, 2.24) is 5.16 Å². The molecule has 0 aliphatic rings. The number of benzene rings is 2. The molecule has 0 unspecified atom stereocenters. The van der Waals surface area contributed by atoms with Gasteiger partial charge >= 0.3 is 5.63 Å². The standard InChI is InChI=1S/C17H15NO3/c1-20-14-9-7-12(8-10-14)11-15-16(18-21-17(15)19)13-5-3-2-4-6-13/h2-10,18H,11H2,1H3. The molecule has 4 nitrogen and oxygen atoms in total. The Morgan fingerprint density at radius 3 is 2.43 bits per heavy atom. The molecule has 4 heteroatoms. The van der Waals surface area contributed by atoms with Gasteiger partial charge in [-0.15, -0.1) is 0 Å². The van der Waals surface area contributed by atoms with Gasteiger partial charge in [0.25, 0.3) is 0 Å². The first-order valence-corrected chi connectivity index (χ1v) is 6.66. The van der Waals surface area contributed by atoms with E-state index in [1.165, 1.54) is 0 Å². The van der Waals surface area contributed by atoms with Gasteiger partial charge in [-0.05, 0) is 17.7 Å². The average molecular weight is 281 g/mol. The molecule has 106 valence electrons. The first-order chi connectivity index (χ1) is 10.3. The van der Waals surface area contributed by atoms with Crippen molar-refractivity contribution in [2.24, 2.45) is 0 Å². The molecule has 0 aliphatic carbocycles. The van der Waals surface area contributed by atoms with Crippen LogP contribution in [0.3, 0.4) is 0 Å². The van der Waals surface area contributed by atoms with Gasteiger partial charge in [0.2, 0.25) is 0 Å². The lowest BCUT2D eigenvalue weighted by molar-refractivity contribution is 0.392. The summed E-state index contributed by atoms with van der Waals surface area (Å²) in [5.41, 5.74) is 3.00. The van der Waals surface area contributed by atoms with E-state index in [0.717, 1.165) is 22.6 Å². The lowest BCUT2D eigenvalue weighted by Crippen LogP contribution is -2.03. The Morgan fingerprint density at radius 2 is 1.76 bits per heavy atom. The number of nitrogens with one attached hydrogen (secondary N) is 1. The van der Waals surface area contributed by atoms with Crippen LogP contribution in [0.5, 0.6) is 5.75 Å². The summed E-state index contributed by atoms with van der Waals surface area (Å²) in [6.45, 7) is 0. The molecule has 1 N–H and O–H groups in total. The van der Waals surface area contributed by atoms with Crippen LogP contribution in [0.15, 0.2) is 63.9 Å². The van der Waals surface area contributed by atoms with E-state index in [0.29, 0.717) is 12.0 Å². The number of aromatic amines is 1. The monoisotopic (exact) mass is 281 g/mol. The second kappa shape index (κ2) is 5.71. The zero-order valence-corrected chi connectivity index (χ0v) is 11.6. The molecule has 0 spiro atoms. The molecule has 3 rings (SSSR count). The van der Waals surface area contributed by atoms with Crippen LogP contribution in [0.4, 0.5) is 0 Å². The van der Waals surface area contributed by atoms with Crippen LogP contribution in [0, 0.1) is 0 Å². The third kappa shape index (κ3) is 2.74. The van der Waals surface area contributed by atoms with Gasteiger partial charge in [-0.3, -0.25) is 0 Å². The number of aromatic nitrogens is 1. The fourth-order valence-electron chi connectivity index (χ4n) is 2.27. The molecule has 0 radical (unpaired) electrons. The van der Waals surface area contributed by atoms with Crippen LogP contribution in [-0.4, -0.2) is 12.3 Å². The minimum atomic E-state index is -0.329. The summed E-state index contributed by atoms with van der Waals surface area (Å²) >= 11 is 0. The van der Waals surface area contributed by atoms with Crippen LogP contribution in [0.25, 0.3) is 11.3 Å². The highest BCUT2D eigenvalue weighted by Crippen LogP contribution is 2.22. The van der Waals surface area contributed by atoms with Crippen molar-refractivity contribution in [3.05, 3.63) is 76.1 Å². The summed E-state index contributed by atoms with van der Waals surface area (Å²) in [6, 6.07) is 17.3. The number of ether oxygens (including phenoxy) is 1. The molecule has 1 heterocycles. The van der Waals surface area contributed by atoms with Crippen LogP contribution in [-0.2, 0) is 6.42 Å². The maximum Gasteiger partial charge on any atom is 0.361 e. The summed E-state index contributed by atoms with van der Waals surface area (Å²) in [5, 5.41) is 2.72. The number of hydrogen-bond acceptors (Lipinski definition) is 3. The molecule has 3 aromatic rings. The van der Waals surface area contributed by atoms with E-state index in [2.05, 4.69) is 5.16 Å². The van der Waals surface area contributed by atoms with Gasteiger partial charge in [0.05, 0.1) is 18.4 Å². The number of hydrogen-bond donors (Lipinski definition) is 1. The van der Waals surface area contributed by atoms with Gasteiger partial charge in [-0.2, -0.15) is 0 Å². The summed E-state index contributed by atoms with van der Waals surface area (Å²) in [5.74, 6) is 0.795. The fraction of sp³-hybridized carbons (Fsp3) is 0.118. The van der Waals surface area contributed by atoms with Gasteiger partial charge < -0.3 is 9.26 Å². The molecule has 0 fully saturated rings. The molecular formula is C17H15NO3. The first-order valence-electron chi connectivity index (χ1n) is 6.66. The molecule has 1 aromatic heterocycles. The number of rotatable bonds is 4. The molecule has 21 heavy (non-hydrogen) atoms. The lowest BCUT2D eigenvalue weighted by Gasteiger charge is -2.03. The van der Waals surface area contributed by atoms with Crippen molar-refractivity contribution in [3.8, 4) is 17.0 Å².